The van der Waals surface area contributed by atoms with Gasteiger partial charge >= 0.3 is 0 Å². The van der Waals surface area contributed by atoms with Gasteiger partial charge in [-0.25, -0.2) is 9.97 Å². The van der Waals surface area contributed by atoms with Crippen molar-refractivity contribution in [2.75, 3.05) is 0 Å². The fourth-order valence-electron chi connectivity index (χ4n) is 6.19. The summed E-state index contributed by atoms with van der Waals surface area (Å²) in [5, 5.41) is 0. The summed E-state index contributed by atoms with van der Waals surface area (Å²) in [7, 11) is 0. The van der Waals surface area contributed by atoms with Gasteiger partial charge in [0.25, 0.3) is 0 Å². The fraction of sp³-hybridized carbons (Fsp3) is 0. The third-order valence-electron chi connectivity index (χ3n) is 8.37. The van der Waals surface area contributed by atoms with Crippen molar-refractivity contribution in [3.8, 4) is 44.5 Å². The lowest BCUT2D eigenvalue weighted by molar-refractivity contribution is 1.31. The Morgan fingerprint density at radius 3 is 0.792 bits per heavy atom. The SMILES string of the molecule is [2H]C1=C([2H])c2nc1c(-c1ccccc1)c1[nH]c(c([2H])c1[2H])c(-c1ccccc1)c1nc(c(-c3ccccc3)c3[nH]c(c([2H])c3[2H])c2-c2ccccc2)C([2H])=C1[2H]. The van der Waals surface area contributed by atoms with Crippen molar-refractivity contribution in [1.29, 1.82) is 0 Å². The minimum atomic E-state index is -0.221. The Labute approximate surface area is 289 Å². The van der Waals surface area contributed by atoms with E-state index in [0.717, 1.165) is 0 Å². The standard InChI is InChI=1S/C44H30N4/c1-5-13-29(14-6-1)41-33-21-23-35(45-33)42(30-15-7-2-8-16-30)37-25-27-39(47-37)44(32-19-11-4-12-20-32)40-28-26-38(48-40)43(31-17-9-3-10-18-31)36-24-22-34(41)46-36/h1-28,45,48H/i21D,22D,23D,24D,25D,26D,27D,28D. The number of nitrogens with one attached hydrogen (secondary N) is 2. The maximum atomic E-state index is 9.39. The van der Waals surface area contributed by atoms with Crippen LogP contribution in [0.2, 0.25) is 0 Å². The second-order valence-electron chi connectivity index (χ2n) is 11.3. The van der Waals surface area contributed by atoms with Gasteiger partial charge in [-0.15, -0.1) is 0 Å². The zero-order valence-corrected chi connectivity index (χ0v) is 25.4. The molecule has 3 aromatic heterocycles. The van der Waals surface area contributed by atoms with Crippen LogP contribution in [0.3, 0.4) is 0 Å². The smallest absolute Gasteiger partial charge is 0.0737 e. The predicted octanol–water partition coefficient (Wildman–Crippen LogP) is 11.3. The van der Waals surface area contributed by atoms with Gasteiger partial charge in [0, 0.05) is 44.3 Å². The molecule has 0 saturated carbocycles. The molecule has 2 aliphatic heterocycles. The number of benzene rings is 4. The predicted molar refractivity (Wildman–Crippen MR) is 201 cm³/mol. The molecule has 4 nitrogen and oxygen atoms in total. The van der Waals surface area contributed by atoms with Crippen LogP contribution in [0.15, 0.2) is 145 Å². The largest absolute Gasteiger partial charge is 0.354 e. The number of hydrogen-bond acceptors (Lipinski definition) is 2. The number of nitrogens with zero attached hydrogens (tertiary/aromatic N) is 2. The Bertz CT molecular complexity index is 2580. The van der Waals surface area contributed by atoms with E-state index in [1.807, 2.05) is 121 Å². The lowest BCUT2D eigenvalue weighted by atomic mass is 10.0. The van der Waals surface area contributed by atoms with E-state index in [2.05, 4.69) is 9.97 Å². The number of aromatic amines is 2. The third kappa shape index (κ3) is 4.88. The molecule has 2 aliphatic rings. The molecule has 0 spiro atoms. The Hall–Kier alpha value is -6.52. The number of hydrogen-bond donors (Lipinski definition) is 2. The summed E-state index contributed by atoms with van der Waals surface area (Å²) in [6.07, 6.45) is 0. The van der Waals surface area contributed by atoms with Crippen molar-refractivity contribution < 1.29 is 11.0 Å². The van der Waals surface area contributed by atoms with Crippen LogP contribution in [0.1, 0.15) is 33.7 Å². The van der Waals surface area contributed by atoms with E-state index in [0.29, 0.717) is 44.5 Å². The first-order valence-electron chi connectivity index (χ1n) is 19.5. The Balaban J connectivity index is 1.63. The van der Waals surface area contributed by atoms with Crippen LogP contribution in [0.4, 0.5) is 0 Å². The van der Waals surface area contributed by atoms with Gasteiger partial charge in [0.15, 0.2) is 0 Å². The van der Waals surface area contributed by atoms with Crippen molar-refractivity contribution in [2.45, 2.75) is 0 Å². The van der Waals surface area contributed by atoms with Crippen LogP contribution in [0, 0.1) is 0 Å². The lowest BCUT2D eigenvalue weighted by Crippen LogP contribution is -1.89. The number of fused-ring (bicyclic) bond motifs is 8. The topological polar surface area (TPSA) is 57.4 Å². The second kappa shape index (κ2) is 11.7. The van der Waals surface area contributed by atoms with Crippen LogP contribution in [-0.2, 0) is 0 Å². The summed E-state index contributed by atoms with van der Waals surface area (Å²) in [4.78, 5) is 16.6. The molecule has 0 aliphatic carbocycles. The molecule has 4 aromatic carbocycles. The number of H-pyrrole nitrogens is 2. The van der Waals surface area contributed by atoms with Gasteiger partial charge in [-0.3, -0.25) is 0 Å². The first-order chi connectivity index (χ1) is 27.2. The summed E-state index contributed by atoms with van der Waals surface area (Å²) in [6.45, 7) is 0. The van der Waals surface area contributed by atoms with E-state index in [4.69, 9.17) is 9.97 Å². The van der Waals surface area contributed by atoms with Crippen LogP contribution < -0.4 is 0 Å². The quantitative estimate of drug-likeness (QED) is 0.205. The van der Waals surface area contributed by atoms with Crippen molar-refractivity contribution in [2.24, 2.45) is 0 Å². The van der Waals surface area contributed by atoms with Crippen LogP contribution in [-0.4, -0.2) is 19.9 Å². The highest BCUT2D eigenvalue weighted by molar-refractivity contribution is 5.99. The highest BCUT2D eigenvalue weighted by Gasteiger charge is 2.18. The average Bonchev–Trinajstić information content (AvgIpc) is 3.89. The summed E-state index contributed by atoms with van der Waals surface area (Å²) in [6, 6.07) is 34.7. The summed E-state index contributed by atoms with van der Waals surface area (Å²) >= 11 is 0. The van der Waals surface area contributed by atoms with Crippen molar-refractivity contribution in [3.63, 3.8) is 0 Å². The van der Waals surface area contributed by atoms with Gasteiger partial charge in [-0.2, -0.15) is 0 Å². The summed E-state index contributed by atoms with van der Waals surface area (Å²) in [5.41, 5.74) is 4.62. The molecular formula is C44H30N4. The minimum Gasteiger partial charge on any atom is -0.354 e. The molecule has 8 bridgehead atoms. The summed E-state index contributed by atoms with van der Waals surface area (Å²) in [5.74, 6) is 0. The fourth-order valence-corrected chi connectivity index (χ4v) is 6.19. The molecule has 0 radical (unpaired) electrons. The Morgan fingerprint density at radius 2 is 0.562 bits per heavy atom. The maximum Gasteiger partial charge on any atom is 0.0737 e. The van der Waals surface area contributed by atoms with Gasteiger partial charge in [0.1, 0.15) is 0 Å². The minimum absolute atomic E-state index is 0.0866. The molecule has 9 rings (SSSR count). The first kappa shape index (κ1) is 20.6. The monoisotopic (exact) mass is 622 g/mol. The second-order valence-corrected chi connectivity index (χ2v) is 11.3. The zero-order valence-electron chi connectivity index (χ0n) is 33.4. The Kier molecular flexibility index (Phi) is 5.01. The van der Waals surface area contributed by atoms with Crippen LogP contribution in [0.25, 0.3) is 90.8 Å². The van der Waals surface area contributed by atoms with E-state index in [1.54, 1.807) is 0 Å². The molecular weight excluding hydrogens is 585 g/mol. The molecule has 0 atom stereocenters. The number of rotatable bonds is 4. The van der Waals surface area contributed by atoms with Crippen LogP contribution >= 0.6 is 0 Å². The third-order valence-corrected chi connectivity index (χ3v) is 8.37. The Morgan fingerprint density at radius 1 is 0.333 bits per heavy atom. The molecule has 4 heteroatoms. The molecule has 5 heterocycles. The average molecular weight is 623 g/mol. The first-order valence-corrected chi connectivity index (χ1v) is 15.5. The number of aromatic nitrogens is 4. The highest BCUT2D eigenvalue weighted by Crippen LogP contribution is 2.38. The molecule has 48 heavy (non-hydrogen) atoms. The molecule has 0 unspecified atom stereocenters. The molecule has 226 valence electrons. The normalized spacial score (nSPS) is 15.2. The van der Waals surface area contributed by atoms with Crippen LogP contribution in [0.5, 0.6) is 0 Å². The van der Waals surface area contributed by atoms with Gasteiger partial charge in [0.05, 0.1) is 33.7 Å². The van der Waals surface area contributed by atoms with E-state index in [-0.39, 0.29) is 93.2 Å². The van der Waals surface area contributed by atoms with Gasteiger partial charge < -0.3 is 9.97 Å². The van der Waals surface area contributed by atoms with E-state index >= 15 is 0 Å². The molecule has 7 aromatic rings. The van der Waals surface area contributed by atoms with Crippen molar-refractivity contribution >= 4 is 46.3 Å². The zero-order chi connectivity index (χ0) is 38.8. The van der Waals surface area contributed by atoms with E-state index in [1.165, 1.54) is 0 Å². The maximum absolute atomic E-state index is 9.39. The van der Waals surface area contributed by atoms with Crippen molar-refractivity contribution in [1.82, 2.24) is 19.9 Å². The molecule has 2 N–H and O–H groups in total. The van der Waals surface area contributed by atoms with Gasteiger partial charge in [-0.1, -0.05) is 121 Å². The summed E-state index contributed by atoms with van der Waals surface area (Å²) < 4.78 is 75.0. The lowest BCUT2D eigenvalue weighted by Gasteiger charge is -2.07. The molecule has 0 saturated heterocycles. The van der Waals surface area contributed by atoms with E-state index in [9.17, 15) is 11.0 Å². The molecule has 0 fully saturated rings. The van der Waals surface area contributed by atoms with Gasteiger partial charge in [0.2, 0.25) is 0 Å². The van der Waals surface area contributed by atoms with Crippen molar-refractivity contribution in [3.05, 3.63) is 168 Å². The molecule has 0 amide bonds. The van der Waals surface area contributed by atoms with Gasteiger partial charge in [-0.05, 0) is 70.6 Å². The highest BCUT2D eigenvalue weighted by atomic mass is 14.8. The van der Waals surface area contributed by atoms with E-state index < -0.39 is 0 Å².